The molecule has 4 rings (SSSR count). The van der Waals surface area contributed by atoms with Crippen LogP contribution in [0.5, 0.6) is 5.75 Å². The molecule has 0 fully saturated rings. The number of aromatic nitrogens is 1. The molecule has 1 aromatic heterocycles. The fourth-order valence-electron chi connectivity index (χ4n) is 3.20. The van der Waals surface area contributed by atoms with Crippen LogP contribution >= 0.6 is 12.2 Å². The summed E-state index contributed by atoms with van der Waals surface area (Å²) in [5.74, 6) is -0.408. The third-order valence-corrected chi connectivity index (χ3v) is 5.10. The highest BCUT2D eigenvalue weighted by molar-refractivity contribution is 7.80. The van der Waals surface area contributed by atoms with E-state index in [1.807, 2.05) is 18.2 Å². The summed E-state index contributed by atoms with van der Waals surface area (Å²) in [5, 5.41) is 26.6. The number of hydrogen-bond acceptors (Lipinski definition) is 7. The van der Waals surface area contributed by atoms with Gasteiger partial charge in [0, 0.05) is 29.4 Å². The summed E-state index contributed by atoms with van der Waals surface area (Å²) in [6, 6.07) is 15.7. The number of benzene rings is 3. The molecule has 0 bridgehead atoms. The number of anilines is 1. The zero-order valence-electron chi connectivity index (χ0n) is 17.4. The summed E-state index contributed by atoms with van der Waals surface area (Å²) < 4.78 is 5.76. The summed E-state index contributed by atoms with van der Waals surface area (Å²) in [7, 11) is 0. The van der Waals surface area contributed by atoms with Crippen molar-refractivity contribution in [2.75, 3.05) is 5.32 Å². The highest BCUT2D eigenvalue weighted by Gasteiger charge is 2.15. The number of aryl methyl sites for hydroxylation is 1. The van der Waals surface area contributed by atoms with E-state index in [1.54, 1.807) is 12.1 Å². The molecule has 10 heteroatoms. The summed E-state index contributed by atoms with van der Waals surface area (Å²) in [6.45, 7) is 2.05. The van der Waals surface area contributed by atoms with Crippen molar-refractivity contribution in [1.29, 1.82) is 0 Å². The van der Waals surface area contributed by atoms with Crippen LogP contribution < -0.4 is 10.6 Å². The van der Waals surface area contributed by atoms with E-state index in [1.165, 1.54) is 24.3 Å². The van der Waals surface area contributed by atoms with E-state index in [0.717, 1.165) is 18.1 Å². The van der Waals surface area contributed by atoms with Crippen molar-refractivity contribution in [3.8, 4) is 17.2 Å². The van der Waals surface area contributed by atoms with Crippen LogP contribution in [0, 0.1) is 10.1 Å². The number of carbonyl (C=O) groups excluding carboxylic acids is 1. The number of oxazole rings is 1. The zero-order chi connectivity index (χ0) is 23.5. The molecular weight excluding hydrogens is 444 g/mol. The van der Waals surface area contributed by atoms with Crippen LogP contribution in [0.25, 0.3) is 22.6 Å². The third kappa shape index (κ3) is 4.80. The molecule has 1 amide bonds. The first-order chi connectivity index (χ1) is 15.8. The van der Waals surface area contributed by atoms with Gasteiger partial charge in [-0.3, -0.25) is 20.2 Å². The van der Waals surface area contributed by atoms with Gasteiger partial charge in [0.2, 0.25) is 5.89 Å². The van der Waals surface area contributed by atoms with E-state index in [9.17, 15) is 20.0 Å². The minimum absolute atomic E-state index is 0.0346. The SMILES string of the molecule is CCc1ccc2oc(-c3ccc(NC(=S)NC(=O)c4cccc([N+](=O)[O-])c4)cc3O)nc2c1. The number of nitro groups is 1. The normalized spacial score (nSPS) is 10.7. The molecule has 0 atom stereocenters. The van der Waals surface area contributed by atoms with Crippen LogP contribution in [0.2, 0.25) is 0 Å². The number of rotatable bonds is 5. The third-order valence-electron chi connectivity index (χ3n) is 4.89. The van der Waals surface area contributed by atoms with Crippen LogP contribution in [-0.4, -0.2) is 26.0 Å². The van der Waals surface area contributed by atoms with E-state index in [4.69, 9.17) is 16.6 Å². The maximum Gasteiger partial charge on any atom is 0.270 e. The van der Waals surface area contributed by atoms with Crippen molar-refractivity contribution < 1.29 is 19.2 Å². The molecule has 0 aliphatic heterocycles. The number of carbonyl (C=O) groups is 1. The summed E-state index contributed by atoms with van der Waals surface area (Å²) in [4.78, 5) is 27.1. The Labute approximate surface area is 193 Å². The average molecular weight is 462 g/mol. The van der Waals surface area contributed by atoms with Gasteiger partial charge in [0.25, 0.3) is 11.6 Å². The Morgan fingerprint density at radius 2 is 2.00 bits per heavy atom. The number of aromatic hydroxyl groups is 1. The molecule has 9 nitrogen and oxygen atoms in total. The van der Waals surface area contributed by atoms with E-state index in [2.05, 4.69) is 22.5 Å². The lowest BCUT2D eigenvalue weighted by Gasteiger charge is -2.10. The van der Waals surface area contributed by atoms with Crippen LogP contribution in [0.4, 0.5) is 11.4 Å². The lowest BCUT2D eigenvalue weighted by atomic mass is 10.1. The van der Waals surface area contributed by atoms with Crippen molar-refractivity contribution >= 4 is 45.7 Å². The Balaban J connectivity index is 1.47. The zero-order valence-corrected chi connectivity index (χ0v) is 18.2. The molecule has 166 valence electrons. The van der Waals surface area contributed by atoms with Crippen LogP contribution in [0.3, 0.4) is 0 Å². The van der Waals surface area contributed by atoms with Gasteiger partial charge >= 0.3 is 0 Å². The molecule has 0 saturated carbocycles. The number of non-ortho nitro benzene ring substituents is 1. The van der Waals surface area contributed by atoms with E-state index >= 15 is 0 Å². The molecule has 0 aliphatic carbocycles. The summed E-state index contributed by atoms with van der Waals surface area (Å²) in [6.07, 6.45) is 0.876. The first-order valence-electron chi connectivity index (χ1n) is 9.93. The predicted molar refractivity (Wildman–Crippen MR) is 127 cm³/mol. The Morgan fingerprint density at radius 1 is 1.18 bits per heavy atom. The number of phenols is 1. The minimum atomic E-state index is -0.602. The fourth-order valence-corrected chi connectivity index (χ4v) is 3.41. The molecular formula is C23H18N4O5S. The van der Waals surface area contributed by atoms with Gasteiger partial charge in [0.05, 0.1) is 10.5 Å². The quantitative estimate of drug-likeness (QED) is 0.219. The first kappa shape index (κ1) is 21.9. The van der Waals surface area contributed by atoms with Crippen molar-refractivity contribution in [3.63, 3.8) is 0 Å². The van der Waals surface area contributed by atoms with Gasteiger partial charge in [-0.05, 0) is 54.5 Å². The standard InChI is InChI=1S/C23H18N4O5S/c1-2-13-6-9-20-18(10-13)25-22(32-20)17-8-7-15(12-19(17)28)24-23(33)26-21(29)14-4-3-5-16(11-14)27(30)31/h3-12,28H,2H2,1H3,(H2,24,26,29,33). The van der Waals surface area contributed by atoms with E-state index < -0.39 is 10.8 Å². The first-order valence-corrected chi connectivity index (χ1v) is 10.3. The largest absolute Gasteiger partial charge is 0.507 e. The van der Waals surface area contributed by atoms with E-state index in [0.29, 0.717) is 22.4 Å². The van der Waals surface area contributed by atoms with Gasteiger partial charge in [0.15, 0.2) is 10.7 Å². The van der Waals surface area contributed by atoms with E-state index in [-0.39, 0.29) is 28.0 Å². The minimum Gasteiger partial charge on any atom is -0.507 e. The molecule has 1 heterocycles. The number of nitrogens with zero attached hydrogens (tertiary/aromatic N) is 2. The Bertz CT molecular complexity index is 1400. The topological polar surface area (TPSA) is 131 Å². The number of nitrogens with one attached hydrogen (secondary N) is 2. The second kappa shape index (κ2) is 9.05. The highest BCUT2D eigenvalue weighted by atomic mass is 32.1. The second-order valence-electron chi connectivity index (χ2n) is 7.12. The second-order valence-corrected chi connectivity index (χ2v) is 7.53. The molecule has 0 aliphatic rings. The summed E-state index contributed by atoms with van der Waals surface area (Å²) >= 11 is 5.14. The van der Waals surface area contributed by atoms with Gasteiger partial charge in [0.1, 0.15) is 11.3 Å². The monoisotopic (exact) mass is 462 g/mol. The average Bonchev–Trinajstić information content (AvgIpc) is 3.22. The number of amides is 1. The predicted octanol–water partition coefficient (Wildman–Crippen LogP) is 4.80. The molecule has 0 unspecified atom stereocenters. The molecule has 0 spiro atoms. The fraction of sp³-hybridized carbons (Fsp3) is 0.0870. The van der Waals surface area contributed by atoms with Crippen molar-refractivity contribution in [1.82, 2.24) is 10.3 Å². The smallest absolute Gasteiger partial charge is 0.270 e. The number of fused-ring (bicyclic) bond motifs is 1. The van der Waals surface area contributed by atoms with Crippen LogP contribution in [0.1, 0.15) is 22.8 Å². The van der Waals surface area contributed by atoms with Gasteiger partial charge in [-0.1, -0.05) is 19.1 Å². The number of nitro benzene ring substituents is 1. The van der Waals surface area contributed by atoms with Gasteiger partial charge < -0.3 is 14.8 Å². The molecule has 4 aromatic rings. The maximum absolute atomic E-state index is 12.3. The van der Waals surface area contributed by atoms with Crippen LogP contribution in [-0.2, 0) is 6.42 Å². The molecule has 3 N–H and O–H groups in total. The van der Waals surface area contributed by atoms with Crippen LogP contribution in [0.15, 0.2) is 65.1 Å². The van der Waals surface area contributed by atoms with Crippen molar-refractivity contribution in [2.45, 2.75) is 13.3 Å². The van der Waals surface area contributed by atoms with Crippen molar-refractivity contribution in [2.24, 2.45) is 0 Å². The van der Waals surface area contributed by atoms with Gasteiger partial charge in [-0.25, -0.2) is 4.98 Å². The Kier molecular flexibility index (Phi) is 6.01. The Hall–Kier alpha value is -4.31. The Morgan fingerprint density at radius 3 is 2.73 bits per heavy atom. The molecule has 3 aromatic carbocycles. The van der Waals surface area contributed by atoms with Gasteiger partial charge in [-0.15, -0.1) is 0 Å². The molecule has 33 heavy (non-hydrogen) atoms. The molecule has 0 radical (unpaired) electrons. The molecule has 0 saturated heterocycles. The number of thiocarbonyl (C=S) groups is 1. The number of phenolic OH excluding ortho intramolecular Hbond substituents is 1. The lowest BCUT2D eigenvalue weighted by molar-refractivity contribution is -0.384. The summed E-state index contributed by atoms with van der Waals surface area (Å²) in [5.41, 5.74) is 3.17. The highest BCUT2D eigenvalue weighted by Crippen LogP contribution is 2.33. The van der Waals surface area contributed by atoms with Gasteiger partial charge in [-0.2, -0.15) is 0 Å². The van der Waals surface area contributed by atoms with Crippen molar-refractivity contribution in [3.05, 3.63) is 81.9 Å². The lowest BCUT2D eigenvalue weighted by Crippen LogP contribution is -2.34. The number of hydrogen-bond donors (Lipinski definition) is 3. The maximum atomic E-state index is 12.3.